The molecule has 4 rings (SSSR count). The predicted octanol–water partition coefficient (Wildman–Crippen LogP) is 0.882. The van der Waals surface area contributed by atoms with E-state index in [1.54, 1.807) is 0 Å². The van der Waals surface area contributed by atoms with Crippen molar-refractivity contribution in [2.24, 2.45) is 7.05 Å². The lowest BCUT2D eigenvalue weighted by atomic mass is 9.97. The number of likely N-dealkylation sites (tertiary alicyclic amines) is 1. The van der Waals surface area contributed by atoms with E-state index in [-0.39, 0.29) is 12.1 Å². The minimum Gasteiger partial charge on any atom is -0.379 e. The Hall–Kier alpha value is -1.44. The van der Waals surface area contributed by atoms with E-state index in [4.69, 9.17) is 4.74 Å². The molecule has 138 valence electrons. The lowest BCUT2D eigenvalue weighted by Crippen LogP contribution is -2.59. The van der Waals surface area contributed by atoms with Crippen molar-refractivity contribution < 1.29 is 9.53 Å². The number of amides is 1. The molecule has 0 spiro atoms. The molecule has 0 saturated carbocycles. The zero-order valence-corrected chi connectivity index (χ0v) is 15.2. The van der Waals surface area contributed by atoms with Gasteiger partial charge in [0.05, 0.1) is 25.6 Å². The van der Waals surface area contributed by atoms with Gasteiger partial charge in [0.1, 0.15) is 0 Å². The standard InChI is InChI=1S/C18H29N5O2/c1-13-12-25-7-6-22(13)15-8-17(20-18(24)9-15)23-5-3-4-16(23)14-10-19-21(2)11-14/h10-11,13,15-17H,3-9,12H2,1-2H3,(H,20,24)/t13-,15?,16+,17?/m1/s1. The Bertz CT molecular complexity index is 618. The van der Waals surface area contributed by atoms with Crippen LogP contribution in [0.15, 0.2) is 12.4 Å². The molecular formula is C18H29N5O2. The molecule has 3 saturated heterocycles. The van der Waals surface area contributed by atoms with Crippen LogP contribution in [0.1, 0.15) is 44.2 Å². The number of ether oxygens (including phenoxy) is 1. The van der Waals surface area contributed by atoms with E-state index in [1.807, 2.05) is 17.9 Å². The number of morpholine rings is 1. The molecule has 1 amide bonds. The van der Waals surface area contributed by atoms with Crippen LogP contribution in [0.25, 0.3) is 0 Å². The summed E-state index contributed by atoms with van der Waals surface area (Å²) in [6, 6.07) is 1.06. The van der Waals surface area contributed by atoms with Gasteiger partial charge in [0.15, 0.2) is 0 Å². The van der Waals surface area contributed by atoms with Gasteiger partial charge in [0.25, 0.3) is 0 Å². The minimum absolute atomic E-state index is 0.119. The molecular weight excluding hydrogens is 318 g/mol. The first kappa shape index (κ1) is 17.0. The fraction of sp³-hybridized carbons (Fsp3) is 0.778. The third kappa shape index (κ3) is 3.45. The molecule has 3 aliphatic heterocycles. The number of hydrogen-bond donors (Lipinski definition) is 1. The number of rotatable bonds is 3. The van der Waals surface area contributed by atoms with Gasteiger partial charge in [-0.1, -0.05) is 0 Å². The van der Waals surface area contributed by atoms with E-state index in [0.717, 1.165) is 39.1 Å². The van der Waals surface area contributed by atoms with Gasteiger partial charge in [-0.05, 0) is 26.2 Å². The number of aromatic nitrogens is 2. The number of piperidine rings is 1. The first-order valence-electron chi connectivity index (χ1n) is 9.49. The van der Waals surface area contributed by atoms with Crippen LogP contribution in [0.3, 0.4) is 0 Å². The van der Waals surface area contributed by atoms with Crippen molar-refractivity contribution in [3.63, 3.8) is 0 Å². The number of carbonyl (C=O) groups excluding carboxylic acids is 1. The van der Waals surface area contributed by atoms with Crippen LogP contribution < -0.4 is 5.32 Å². The normalized spacial score (nSPS) is 35.0. The molecule has 7 nitrogen and oxygen atoms in total. The summed E-state index contributed by atoms with van der Waals surface area (Å²) in [5.74, 6) is 0.178. The van der Waals surface area contributed by atoms with Crippen molar-refractivity contribution in [1.29, 1.82) is 0 Å². The van der Waals surface area contributed by atoms with Gasteiger partial charge in [0.2, 0.25) is 5.91 Å². The first-order chi connectivity index (χ1) is 12.1. The molecule has 2 unspecified atom stereocenters. The molecule has 7 heteroatoms. The SMILES string of the molecule is C[C@@H]1COCCN1C1CC(=O)NC(N2CCC[C@H]2c2cnn(C)c2)C1. The molecule has 1 aromatic heterocycles. The monoisotopic (exact) mass is 347 g/mol. The second-order valence-corrected chi connectivity index (χ2v) is 7.68. The van der Waals surface area contributed by atoms with E-state index in [0.29, 0.717) is 24.5 Å². The van der Waals surface area contributed by atoms with Crippen molar-refractivity contribution in [2.45, 2.75) is 56.9 Å². The number of carbonyl (C=O) groups is 1. The molecule has 0 aromatic carbocycles. The number of hydrogen-bond acceptors (Lipinski definition) is 5. The Kier molecular flexibility index (Phi) is 4.80. The van der Waals surface area contributed by atoms with Gasteiger partial charge in [-0.3, -0.25) is 19.3 Å². The molecule has 0 radical (unpaired) electrons. The molecule has 1 aromatic rings. The largest absolute Gasteiger partial charge is 0.379 e. The number of nitrogens with zero attached hydrogens (tertiary/aromatic N) is 4. The van der Waals surface area contributed by atoms with Crippen LogP contribution in [-0.2, 0) is 16.6 Å². The van der Waals surface area contributed by atoms with Crippen molar-refractivity contribution >= 4 is 5.91 Å². The zero-order valence-electron chi connectivity index (χ0n) is 15.2. The number of aryl methyl sites for hydroxylation is 1. The molecule has 1 N–H and O–H groups in total. The van der Waals surface area contributed by atoms with E-state index in [9.17, 15) is 4.79 Å². The van der Waals surface area contributed by atoms with Gasteiger partial charge in [-0.2, -0.15) is 5.10 Å². The summed E-state index contributed by atoms with van der Waals surface area (Å²) in [6.07, 6.45) is 8.10. The highest BCUT2D eigenvalue weighted by molar-refractivity contribution is 5.77. The lowest BCUT2D eigenvalue weighted by molar-refractivity contribution is -0.130. The van der Waals surface area contributed by atoms with Gasteiger partial charge in [0, 0.05) is 56.4 Å². The van der Waals surface area contributed by atoms with Crippen molar-refractivity contribution in [1.82, 2.24) is 24.9 Å². The summed E-state index contributed by atoms with van der Waals surface area (Å²) >= 11 is 0. The summed E-state index contributed by atoms with van der Waals surface area (Å²) < 4.78 is 7.44. The maximum Gasteiger partial charge on any atom is 0.222 e. The summed E-state index contributed by atoms with van der Waals surface area (Å²) in [5, 5.41) is 7.59. The highest BCUT2D eigenvalue weighted by Crippen LogP contribution is 2.35. The Morgan fingerprint density at radius 3 is 2.96 bits per heavy atom. The molecule has 25 heavy (non-hydrogen) atoms. The highest BCUT2D eigenvalue weighted by Gasteiger charge is 2.40. The van der Waals surface area contributed by atoms with Crippen molar-refractivity contribution in [3.8, 4) is 0 Å². The third-order valence-electron chi connectivity index (χ3n) is 5.94. The van der Waals surface area contributed by atoms with Gasteiger partial charge < -0.3 is 10.1 Å². The topological polar surface area (TPSA) is 62.6 Å². The Labute approximate surface area is 149 Å². The van der Waals surface area contributed by atoms with Crippen LogP contribution in [0, 0.1) is 0 Å². The average Bonchev–Trinajstić information content (AvgIpc) is 3.23. The summed E-state index contributed by atoms with van der Waals surface area (Å²) in [7, 11) is 1.96. The van der Waals surface area contributed by atoms with Crippen LogP contribution in [0.4, 0.5) is 0 Å². The van der Waals surface area contributed by atoms with Crippen molar-refractivity contribution in [2.75, 3.05) is 26.3 Å². The third-order valence-corrected chi connectivity index (χ3v) is 5.94. The second kappa shape index (κ2) is 7.05. The quantitative estimate of drug-likeness (QED) is 0.880. The molecule has 4 atom stereocenters. The lowest BCUT2D eigenvalue weighted by Gasteiger charge is -2.45. The maximum atomic E-state index is 12.4. The fourth-order valence-corrected chi connectivity index (χ4v) is 4.74. The molecule has 4 heterocycles. The Morgan fingerprint density at radius 1 is 1.32 bits per heavy atom. The van der Waals surface area contributed by atoms with Crippen LogP contribution in [0.5, 0.6) is 0 Å². The van der Waals surface area contributed by atoms with E-state index < -0.39 is 0 Å². The van der Waals surface area contributed by atoms with Gasteiger partial charge in [-0.15, -0.1) is 0 Å². The smallest absolute Gasteiger partial charge is 0.222 e. The van der Waals surface area contributed by atoms with Crippen LogP contribution in [-0.4, -0.2) is 70.0 Å². The molecule has 3 fully saturated rings. The molecule has 3 aliphatic rings. The molecule has 0 bridgehead atoms. The maximum absolute atomic E-state index is 12.4. The Morgan fingerprint density at radius 2 is 2.20 bits per heavy atom. The Balaban J connectivity index is 1.49. The summed E-state index contributed by atoms with van der Waals surface area (Å²) in [5.41, 5.74) is 1.26. The second-order valence-electron chi connectivity index (χ2n) is 7.68. The zero-order chi connectivity index (χ0) is 17.4. The fourth-order valence-electron chi connectivity index (χ4n) is 4.74. The predicted molar refractivity (Wildman–Crippen MR) is 93.8 cm³/mol. The summed E-state index contributed by atoms with van der Waals surface area (Å²) in [6.45, 7) is 5.71. The van der Waals surface area contributed by atoms with Gasteiger partial charge >= 0.3 is 0 Å². The highest BCUT2D eigenvalue weighted by atomic mass is 16.5. The first-order valence-corrected chi connectivity index (χ1v) is 9.49. The number of nitrogens with one attached hydrogen (secondary N) is 1. The van der Waals surface area contributed by atoms with Crippen LogP contribution >= 0.6 is 0 Å². The van der Waals surface area contributed by atoms with E-state index >= 15 is 0 Å². The average molecular weight is 347 g/mol. The van der Waals surface area contributed by atoms with E-state index in [1.165, 1.54) is 12.0 Å². The van der Waals surface area contributed by atoms with Crippen molar-refractivity contribution in [3.05, 3.63) is 18.0 Å². The minimum atomic E-state index is 0.119. The van der Waals surface area contributed by atoms with Gasteiger partial charge in [-0.25, -0.2) is 0 Å². The van der Waals surface area contributed by atoms with E-state index in [2.05, 4.69) is 33.3 Å². The van der Waals surface area contributed by atoms with Crippen LogP contribution in [0.2, 0.25) is 0 Å². The molecule has 0 aliphatic carbocycles. The summed E-state index contributed by atoms with van der Waals surface area (Å²) in [4.78, 5) is 17.4.